The van der Waals surface area contributed by atoms with Crippen molar-refractivity contribution >= 4 is 0 Å². The summed E-state index contributed by atoms with van der Waals surface area (Å²) in [7, 11) is 0. The molecule has 0 spiro atoms. The fourth-order valence-electron chi connectivity index (χ4n) is 1.50. The molecule has 3 nitrogen and oxygen atoms in total. The zero-order valence-corrected chi connectivity index (χ0v) is 10.2. The minimum absolute atomic E-state index is 0.0786. The molecule has 0 aliphatic heterocycles. The number of rotatable bonds is 3. The van der Waals surface area contributed by atoms with Crippen molar-refractivity contribution in [3.05, 3.63) is 23.5 Å². The lowest BCUT2D eigenvalue weighted by Crippen LogP contribution is -2.17. The molecule has 1 rings (SSSR count). The summed E-state index contributed by atoms with van der Waals surface area (Å²) in [6.45, 7) is 4.62. The Bertz CT molecular complexity index is 463. The maximum absolute atomic E-state index is 13.0. The molecule has 1 atom stereocenters. The molecule has 1 unspecified atom stereocenters. The SMILES string of the molecule is CC(C#N)Oc1ccnc(C(C)C)c1C(F)(F)F. The molecule has 0 amide bonds. The highest BCUT2D eigenvalue weighted by molar-refractivity contribution is 5.40. The van der Waals surface area contributed by atoms with Gasteiger partial charge in [-0.3, -0.25) is 4.98 Å². The van der Waals surface area contributed by atoms with Crippen molar-refractivity contribution in [1.82, 2.24) is 4.98 Å². The van der Waals surface area contributed by atoms with Crippen LogP contribution in [0.2, 0.25) is 0 Å². The van der Waals surface area contributed by atoms with Crippen LogP contribution in [-0.4, -0.2) is 11.1 Å². The van der Waals surface area contributed by atoms with Gasteiger partial charge in [0.05, 0.1) is 5.69 Å². The van der Waals surface area contributed by atoms with Gasteiger partial charge in [0.1, 0.15) is 17.4 Å². The minimum atomic E-state index is -4.56. The van der Waals surface area contributed by atoms with Crippen LogP contribution in [-0.2, 0) is 6.18 Å². The highest BCUT2D eigenvalue weighted by Crippen LogP contribution is 2.40. The Morgan fingerprint density at radius 1 is 1.33 bits per heavy atom. The van der Waals surface area contributed by atoms with Crippen LogP contribution in [0.15, 0.2) is 12.3 Å². The first-order valence-corrected chi connectivity index (χ1v) is 5.39. The van der Waals surface area contributed by atoms with E-state index in [9.17, 15) is 13.2 Å². The van der Waals surface area contributed by atoms with Crippen LogP contribution in [0.1, 0.15) is 37.9 Å². The molecule has 18 heavy (non-hydrogen) atoms. The van der Waals surface area contributed by atoms with Gasteiger partial charge in [0.25, 0.3) is 0 Å². The standard InChI is InChI=1S/C12H13F3N2O/c1-7(2)11-10(12(13,14)15)9(4-5-17-11)18-8(3)6-16/h4-5,7-8H,1-3H3. The van der Waals surface area contributed by atoms with E-state index in [1.807, 2.05) is 0 Å². The van der Waals surface area contributed by atoms with Gasteiger partial charge in [-0.1, -0.05) is 13.8 Å². The van der Waals surface area contributed by atoms with Crippen LogP contribution in [0.5, 0.6) is 5.75 Å². The fraction of sp³-hybridized carbons (Fsp3) is 0.500. The lowest BCUT2D eigenvalue weighted by atomic mass is 10.0. The molecule has 0 bridgehead atoms. The van der Waals surface area contributed by atoms with Crippen molar-refractivity contribution in [2.24, 2.45) is 0 Å². The van der Waals surface area contributed by atoms with Crippen molar-refractivity contribution < 1.29 is 17.9 Å². The summed E-state index contributed by atoms with van der Waals surface area (Å²) in [5.74, 6) is -0.738. The van der Waals surface area contributed by atoms with Gasteiger partial charge in [-0.15, -0.1) is 0 Å². The Balaban J connectivity index is 3.34. The van der Waals surface area contributed by atoms with Crippen molar-refractivity contribution in [2.75, 3.05) is 0 Å². The molecular formula is C12H13F3N2O. The highest BCUT2D eigenvalue weighted by Gasteiger charge is 2.38. The van der Waals surface area contributed by atoms with Gasteiger partial charge in [-0.2, -0.15) is 18.4 Å². The largest absolute Gasteiger partial charge is 0.475 e. The first-order chi connectivity index (χ1) is 8.27. The summed E-state index contributed by atoms with van der Waals surface area (Å²) in [5, 5.41) is 8.60. The topological polar surface area (TPSA) is 45.9 Å². The summed E-state index contributed by atoms with van der Waals surface area (Å²) >= 11 is 0. The third-order valence-electron chi connectivity index (χ3n) is 2.26. The second-order valence-corrected chi connectivity index (χ2v) is 4.11. The summed E-state index contributed by atoms with van der Waals surface area (Å²) in [4.78, 5) is 3.76. The van der Waals surface area contributed by atoms with Gasteiger partial charge >= 0.3 is 6.18 Å². The Hall–Kier alpha value is -1.77. The van der Waals surface area contributed by atoms with Gasteiger partial charge in [0, 0.05) is 6.20 Å². The first kappa shape index (κ1) is 14.3. The van der Waals surface area contributed by atoms with Gasteiger partial charge in [0.15, 0.2) is 6.10 Å². The van der Waals surface area contributed by atoms with E-state index in [1.165, 1.54) is 13.1 Å². The zero-order valence-electron chi connectivity index (χ0n) is 10.2. The molecule has 0 aliphatic rings. The predicted molar refractivity (Wildman–Crippen MR) is 59.0 cm³/mol. The number of hydrogen-bond donors (Lipinski definition) is 0. The lowest BCUT2D eigenvalue weighted by molar-refractivity contribution is -0.140. The van der Waals surface area contributed by atoms with Crippen LogP contribution < -0.4 is 4.74 Å². The predicted octanol–water partition coefficient (Wildman–Crippen LogP) is 3.51. The summed E-state index contributed by atoms with van der Waals surface area (Å²) in [6, 6.07) is 2.86. The van der Waals surface area contributed by atoms with E-state index in [1.54, 1.807) is 19.9 Å². The quantitative estimate of drug-likeness (QED) is 0.833. The summed E-state index contributed by atoms with van der Waals surface area (Å²) < 4.78 is 44.1. The molecular weight excluding hydrogens is 245 g/mol. The normalized spacial score (nSPS) is 13.2. The smallest absolute Gasteiger partial charge is 0.421 e. The molecule has 0 saturated heterocycles. The molecule has 6 heteroatoms. The Morgan fingerprint density at radius 2 is 1.94 bits per heavy atom. The first-order valence-electron chi connectivity index (χ1n) is 5.39. The lowest BCUT2D eigenvalue weighted by Gasteiger charge is -2.19. The third-order valence-corrected chi connectivity index (χ3v) is 2.26. The van der Waals surface area contributed by atoms with Crippen LogP contribution in [0.3, 0.4) is 0 Å². The van der Waals surface area contributed by atoms with Crippen molar-refractivity contribution in [2.45, 2.75) is 39.0 Å². The number of aromatic nitrogens is 1. The molecule has 0 fully saturated rings. The van der Waals surface area contributed by atoms with E-state index in [0.29, 0.717) is 0 Å². The third kappa shape index (κ3) is 3.13. The molecule has 0 radical (unpaired) electrons. The molecule has 1 aromatic rings. The van der Waals surface area contributed by atoms with E-state index in [2.05, 4.69) is 4.98 Å². The Morgan fingerprint density at radius 3 is 2.39 bits per heavy atom. The maximum atomic E-state index is 13.0. The van der Waals surface area contributed by atoms with Crippen LogP contribution in [0.25, 0.3) is 0 Å². The van der Waals surface area contributed by atoms with E-state index in [-0.39, 0.29) is 17.4 Å². The summed E-state index contributed by atoms with van der Waals surface area (Å²) in [6.07, 6.45) is -4.25. The number of nitrogens with zero attached hydrogens (tertiary/aromatic N) is 2. The zero-order chi connectivity index (χ0) is 13.9. The fourth-order valence-corrected chi connectivity index (χ4v) is 1.50. The molecule has 0 saturated carbocycles. The highest BCUT2D eigenvalue weighted by atomic mass is 19.4. The molecule has 0 aromatic carbocycles. The molecule has 0 N–H and O–H groups in total. The number of hydrogen-bond acceptors (Lipinski definition) is 3. The monoisotopic (exact) mass is 258 g/mol. The average molecular weight is 258 g/mol. The van der Waals surface area contributed by atoms with Crippen molar-refractivity contribution in [3.8, 4) is 11.8 Å². The van der Waals surface area contributed by atoms with E-state index >= 15 is 0 Å². The van der Waals surface area contributed by atoms with Gasteiger partial charge in [-0.05, 0) is 18.9 Å². The second-order valence-electron chi connectivity index (χ2n) is 4.11. The maximum Gasteiger partial charge on any atom is 0.421 e. The van der Waals surface area contributed by atoms with Crippen LogP contribution in [0.4, 0.5) is 13.2 Å². The summed E-state index contributed by atoms with van der Waals surface area (Å²) in [5.41, 5.74) is -0.979. The van der Waals surface area contributed by atoms with Crippen LogP contribution in [0, 0.1) is 11.3 Å². The van der Waals surface area contributed by atoms with Crippen molar-refractivity contribution in [1.29, 1.82) is 5.26 Å². The number of ether oxygens (including phenoxy) is 1. The number of nitriles is 1. The van der Waals surface area contributed by atoms with Crippen molar-refractivity contribution in [3.63, 3.8) is 0 Å². The average Bonchev–Trinajstić information content (AvgIpc) is 2.26. The second kappa shape index (κ2) is 5.25. The number of alkyl halides is 3. The minimum Gasteiger partial charge on any atom is -0.475 e. The van der Waals surface area contributed by atoms with Gasteiger partial charge in [-0.25, -0.2) is 0 Å². The van der Waals surface area contributed by atoms with E-state index in [0.717, 1.165) is 6.07 Å². The Kier molecular flexibility index (Phi) is 4.17. The molecule has 0 aliphatic carbocycles. The molecule has 1 heterocycles. The van der Waals surface area contributed by atoms with E-state index in [4.69, 9.17) is 10.00 Å². The number of halogens is 3. The molecule has 1 aromatic heterocycles. The van der Waals surface area contributed by atoms with Gasteiger partial charge < -0.3 is 4.74 Å². The number of pyridine rings is 1. The Labute approximate surface area is 103 Å². The molecule has 98 valence electrons. The van der Waals surface area contributed by atoms with E-state index < -0.39 is 17.8 Å². The van der Waals surface area contributed by atoms with Crippen LogP contribution >= 0.6 is 0 Å². The van der Waals surface area contributed by atoms with Gasteiger partial charge in [0.2, 0.25) is 0 Å².